The lowest BCUT2D eigenvalue weighted by Crippen LogP contribution is -2.42. The van der Waals surface area contributed by atoms with Crippen LogP contribution in [0.15, 0.2) is 12.1 Å². The number of nitrogens with zero attached hydrogens (tertiary/aromatic N) is 3. The second kappa shape index (κ2) is 7.23. The fourth-order valence-corrected chi connectivity index (χ4v) is 2.90. The zero-order valence-corrected chi connectivity index (χ0v) is 14.2. The van der Waals surface area contributed by atoms with Crippen LogP contribution in [0.2, 0.25) is 0 Å². The molecule has 0 spiro atoms. The molecule has 0 amide bonds. The van der Waals surface area contributed by atoms with Crippen molar-refractivity contribution in [3.05, 3.63) is 23.4 Å². The number of aromatic nitrogens is 1. The highest BCUT2D eigenvalue weighted by atomic mass is 15.2. The van der Waals surface area contributed by atoms with E-state index in [1.807, 2.05) is 0 Å². The Bertz CT molecular complexity index is 450. The third-order valence-electron chi connectivity index (χ3n) is 4.31. The molecule has 0 radical (unpaired) electrons. The van der Waals surface area contributed by atoms with Crippen molar-refractivity contribution in [2.75, 3.05) is 32.1 Å². The van der Waals surface area contributed by atoms with E-state index >= 15 is 0 Å². The van der Waals surface area contributed by atoms with E-state index in [1.54, 1.807) is 0 Å². The third-order valence-corrected chi connectivity index (χ3v) is 4.31. The van der Waals surface area contributed by atoms with E-state index in [1.165, 1.54) is 31.5 Å². The molecule has 0 bridgehead atoms. The minimum absolute atomic E-state index is 0.508. The quantitative estimate of drug-likeness (QED) is 0.902. The maximum atomic E-state index is 4.74. The maximum Gasteiger partial charge on any atom is 0.129 e. The number of hydrogen-bond acceptors (Lipinski definition) is 4. The van der Waals surface area contributed by atoms with Gasteiger partial charge < -0.3 is 15.1 Å². The van der Waals surface area contributed by atoms with Crippen molar-refractivity contribution in [3.8, 4) is 0 Å². The van der Waals surface area contributed by atoms with Crippen molar-refractivity contribution in [2.45, 2.75) is 52.2 Å². The van der Waals surface area contributed by atoms with Crippen molar-refractivity contribution in [1.29, 1.82) is 0 Å². The number of likely N-dealkylation sites (tertiary alicyclic amines) is 1. The van der Waals surface area contributed by atoms with Gasteiger partial charge in [0.15, 0.2) is 0 Å². The Kier molecular flexibility index (Phi) is 5.59. The van der Waals surface area contributed by atoms with Gasteiger partial charge in [-0.25, -0.2) is 4.98 Å². The van der Waals surface area contributed by atoms with Crippen LogP contribution in [0.4, 0.5) is 5.82 Å². The highest BCUT2D eigenvalue weighted by molar-refractivity contribution is 5.43. The van der Waals surface area contributed by atoms with Crippen LogP contribution in [0.3, 0.4) is 0 Å². The lowest BCUT2D eigenvalue weighted by molar-refractivity contribution is 0.252. The number of nitrogens with one attached hydrogen (secondary N) is 1. The first-order valence-electron chi connectivity index (χ1n) is 8.08. The molecule has 4 heteroatoms. The minimum Gasteiger partial charge on any atom is -0.357 e. The molecule has 1 saturated heterocycles. The summed E-state index contributed by atoms with van der Waals surface area (Å²) in [5.74, 6) is 1.12. The Labute approximate surface area is 129 Å². The molecule has 0 saturated carbocycles. The summed E-state index contributed by atoms with van der Waals surface area (Å²) >= 11 is 0. The smallest absolute Gasteiger partial charge is 0.129 e. The molecule has 4 nitrogen and oxygen atoms in total. The minimum atomic E-state index is 0.508. The molecule has 0 aromatic carbocycles. The topological polar surface area (TPSA) is 31.4 Å². The Hall–Kier alpha value is -1.13. The second-order valence-electron chi connectivity index (χ2n) is 6.66. The van der Waals surface area contributed by atoms with Crippen LogP contribution < -0.4 is 10.2 Å². The third kappa shape index (κ3) is 4.68. The van der Waals surface area contributed by atoms with Crippen LogP contribution in [0.25, 0.3) is 0 Å². The summed E-state index contributed by atoms with van der Waals surface area (Å²) in [5.41, 5.74) is 2.43. The number of aryl methyl sites for hydroxylation is 1. The molecule has 1 aromatic heterocycles. The summed E-state index contributed by atoms with van der Waals surface area (Å²) in [4.78, 5) is 9.52. The zero-order chi connectivity index (χ0) is 15.4. The van der Waals surface area contributed by atoms with E-state index in [9.17, 15) is 0 Å². The predicted molar refractivity (Wildman–Crippen MR) is 89.9 cm³/mol. The zero-order valence-electron chi connectivity index (χ0n) is 14.2. The molecule has 1 aromatic rings. The van der Waals surface area contributed by atoms with Gasteiger partial charge in [0, 0.05) is 31.4 Å². The van der Waals surface area contributed by atoms with Gasteiger partial charge >= 0.3 is 0 Å². The molecule has 21 heavy (non-hydrogen) atoms. The second-order valence-corrected chi connectivity index (χ2v) is 6.66. The number of piperidine rings is 1. The van der Waals surface area contributed by atoms with Gasteiger partial charge in [-0.3, -0.25) is 0 Å². The Balaban J connectivity index is 2.07. The molecule has 118 valence electrons. The lowest BCUT2D eigenvalue weighted by Gasteiger charge is -2.36. The van der Waals surface area contributed by atoms with E-state index in [2.05, 4.69) is 62.1 Å². The van der Waals surface area contributed by atoms with Crippen molar-refractivity contribution in [3.63, 3.8) is 0 Å². The lowest BCUT2D eigenvalue weighted by atomic mass is 10.0. The Morgan fingerprint density at radius 2 is 2.00 bits per heavy atom. The Morgan fingerprint density at radius 1 is 1.33 bits per heavy atom. The van der Waals surface area contributed by atoms with Crippen molar-refractivity contribution in [1.82, 2.24) is 15.2 Å². The van der Waals surface area contributed by atoms with Crippen LogP contribution in [0, 0.1) is 6.92 Å². The monoisotopic (exact) mass is 290 g/mol. The number of hydrogen-bond donors (Lipinski definition) is 1. The molecule has 0 aliphatic carbocycles. The van der Waals surface area contributed by atoms with Gasteiger partial charge in [0.1, 0.15) is 5.82 Å². The van der Waals surface area contributed by atoms with E-state index in [-0.39, 0.29) is 0 Å². The highest BCUT2D eigenvalue weighted by Crippen LogP contribution is 2.21. The van der Waals surface area contributed by atoms with Crippen LogP contribution in [-0.4, -0.2) is 49.2 Å². The van der Waals surface area contributed by atoms with Gasteiger partial charge in [0.25, 0.3) is 0 Å². The molecular formula is C17H30N4. The molecule has 0 atom stereocenters. The molecule has 1 fully saturated rings. The first-order valence-corrected chi connectivity index (χ1v) is 8.08. The summed E-state index contributed by atoms with van der Waals surface area (Å²) in [7, 11) is 4.40. The predicted octanol–water partition coefficient (Wildman–Crippen LogP) is 2.42. The average Bonchev–Trinajstić information content (AvgIpc) is 2.44. The first kappa shape index (κ1) is 16.2. The first-order chi connectivity index (χ1) is 9.95. The maximum absolute atomic E-state index is 4.74. The Morgan fingerprint density at radius 3 is 2.62 bits per heavy atom. The van der Waals surface area contributed by atoms with Gasteiger partial charge in [-0.2, -0.15) is 0 Å². The summed E-state index contributed by atoms with van der Waals surface area (Å²) in [6, 6.07) is 5.54. The SMILES string of the molecule is Cc1cc(CNC(C)C)cc(N(C)C2CCN(C)CC2)n1. The van der Waals surface area contributed by atoms with Gasteiger partial charge in [0.2, 0.25) is 0 Å². The van der Waals surface area contributed by atoms with E-state index < -0.39 is 0 Å². The average molecular weight is 290 g/mol. The molecule has 1 aliphatic rings. The van der Waals surface area contributed by atoms with Crippen molar-refractivity contribution < 1.29 is 0 Å². The highest BCUT2D eigenvalue weighted by Gasteiger charge is 2.21. The van der Waals surface area contributed by atoms with Crippen molar-refractivity contribution >= 4 is 5.82 Å². The summed E-state index contributed by atoms with van der Waals surface area (Å²) in [6.45, 7) is 9.73. The van der Waals surface area contributed by atoms with Gasteiger partial charge in [0.05, 0.1) is 0 Å². The van der Waals surface area contributed by atoms with Gasteiger partial charge in [-0.1, -0.05) is 13.8 Å². The molecule has 2 rings (SSSR count). The van der Waals surface area contributed by atoms with Gasteiger partial charge in [-0.15, -0.1) is 0 Å². The normalized spacial score (nSPS) is 17.4. The molecule has 2 heterocycles. The molecule has 1 N–H and O–H groups in total. The van der Waals surface area contributed by atoms with Gasteiger partial charge in [-0.05, 0) is 57.6 Å². The fraction of sp³-hybridized carbons (Fsp3) is 0.706. The molecule has 1 aliphatic heterocycles. The van der Waals surface area contributed by atoms with Crippen molar-refractivity contribution in [2.24, 2.45) is 0 Å². The van der Waals surface area contributed by atoms with E-state index in [0.29, 0.717) is 12.1 Å². The summed E-state index contributed by atoms with van der Waals surface area (Å²) in [6.07, 6.45) is 2.45. The van der Waals surface area contributed by atoms with E-state index in [4.69, 9.17) is 4.98 Å². The number of rotatable bonds is 5. The summed E-state index contributed by atoms with van der Waals surface area (Å²) in [5, 5.41) is 3.49. The van der Waals surface area contributed by atoms with Crippen LogP contribution in [0.5, 0.6) is 0 Å². The standard InChI is InChI=1S/C17H30N4/c1-13(2)18-12-15-10-14(3)19-17(11-15)21(5)16-6-8-20(4)9-7-16/h10-11,13,16,18H,6-9,12H2,1-5H3. The van der Waals surface area contributed by atoms with E-state index in [0.717, 1.165) is 18.1 Å². The molecule has 0 unspecified atom stereocenters. The fourth-order valence-electron chi connectivity index (χ4n) is 2.90. The van der Waals surface area contributed by atoms with Crippen LogP contribution in [0.1, 0.15) is 37.9 Å². The summed E-state index contributed by atoms with van der Waals surface area (Å²) < 4.78 is 0. The largest absolute Gasteiger partial charge is 0.357 e. The van der Waals surface area contributed by atoms with Crippen LogP contribution in [-0.2, 0) is 6.54 Å². The number of pyridine rings is 1. The van der Waals surface area contributed by atoms with Crippen LogP contribution >= 0.6 is 0 Å². The molecular weight excluding hydrogens is 260 g/mol. The number of anilines is 1.